The molecule has 0 spiro atoms. The zero-order chi connectivity index (χ0) is 32.5. The number of carboxylic acids is 1. The van der Waals surface area contributed by atoms with Crippen molar-refractivity contribution in [2.24, 2.45) is 0 Å². The van der Waals surface area contributed by atoms with Crippen molar-refractivity contribution in [3.8, 4) is 0 Å². The van der Waals surface area contributed by atoms with E-state index in [1.807, 2.05) is 32.0 Å². The number of aryl methyl sites for hydroxylation is 2. The number of aromatic nitrogens is 4. The summed E-state index contributed by atoms with van der Waals surface area (Å²) in [7, 11) is 1.32. The molecule has 11 heteroatoms. The Balaban J connectivity index is 0.00000417. The Bertz CT molecular complexity index is 1970. The molecule has 242 valence electrons. The van der Waals surface area contributed by atoms with Gasteiger partial charge in [0, 0.05) is 64.0 Å². The maximum atomic E-state index is 13.8. The van der Waals surface area contributed by atoms with E-state index in [2.05, 4.69) is 13.8 Å². The van der Waals surface area contributed by atoms with Gasteiger partial charge >= 0.3 is 32.4 Å². The van der Waals surface area contributed by atoms with Crippen LogP contribution in [0.25, 0.3) is 22.1 Å². The number of ether oxygens (including phenoxy) is 1. The molecule has 5 unspecified atom stereocenters. The van der Waals surface area contributed by atoms with Gasteiger partial charge in [-0.05, 0) is 39.2 Å². The molecule has 0 aromatic carbocycles. The average molecular weight is 715 g/mol. The summed E-state index contributed by atoms with van der Waals surface area (Å²) in [6.07, 6.45) is 1.23. The van der Waals surface area contributed by atoms with Crippen LogP contribution < -0.4 is 9.97 Å². The fourth-order valence-corrected chi connectivity index (χ4v) is 7.43. The Kier molecular flexibility index (Phi) is 8.97. The molecule has 5 heterocycles. The number of aliphatic carboxylic acids is 1. The van der Waals surface area contributed by atoms with Crippen LogP contribution in [0, 0.1) is 13.8 Å². The van der Waals surface area contributed by atoms with Gasteiger partial charge in [-0.3, -0.25) is 29.1 Å². The van der Waals surface area contributed by atoms with E-state index in [0.717, 1.165) is 17.8 Å². The molecule has 2 aliphatic heterocycles. The molecule has 1 N–H and O–H groups in total. The van der Waals surface area contributed by atoms with Crippen LogP contribution in [0.2, 0.25) is 0 Å². The minimum Gasteiger partial charge on any atom is -0.657 e. The smallest absolute Gasteiger partial charge is 0.657 e. The minimum atomic E-state index is -1.46. The molecule has 0 radical (unpaired) electrons. The maximum Gasteiger partial charge on any atom is 2.00 e. The standard InChI is InChI=1S/C35H38N4O6.Pd/c1-8-19-14(2)21-13-26-28(18(6)40)16(4)23(37-26)11-22-15(3)20(9-10-27(41)45-7)32(38-22)30-31(35(43)44)34(42)29-17(5)24(39-33(29)30)12-25(19)36-21;/h11-15,19-20,31H,8-10H2,1-7H3,(H3,36,37,38,39,40,42,43,44);/q;+2/p-2. The van der Waals surface area contributed by atoms with Crippen LogP contribution in [0.4, 0.5) is 0 Å². The first kappa shape index (κ1) is 33.4. The Hall–Kier alpha value is -3.94. The number of nitrogens with zero attached hydrogens (tertiary/aromatic N) is 4. The Morgan fingerprint density at radius 3 is 2.15 bits per heavy atom. The fraction of sp³-hybridized carbons (Fsp3) is 0.429. The van der Waals surface area contributed by atoms with E-state index in [9.17, 15) is 24.3 Å². The molecule has 6 rings (SSSR count). The summed E-state index contributed by atoms with van der Waals surface area (Å²) < 4.78 is 4.91. The van der Waals surface area contributed by atoms with E-state index in [-0.39, 0.29) is 61.9 Å². The zero-order valence-corrected chi connectivity index (χ0v) is 28.4. The summed E-state index contributed by atoms with van der Waals surface area (Å²) in [5, 5.41) is 10.3. The quantitative estimate of drug-likeness (QED) is 0.142. The monoisotopic (exact) mass is 714 g/mol. The molecule has 46 heavy (non-hydrogen) atoms. The van der Waals surface area contributed by atoms with Crippen LogP contribution in [0.3, 0.4) is 0 Å². The molecule has 0 fully saturated rings. The molecule has 0 saturated heterocycles. The molecule has 3 aliphatic rings. The van der Waals surface area contributed by atoms with Crippen LogP contribution in [0.15, 0.2) is 18.2 Å². The molecular formula is C35H36N4O6Pd. The van der Waals surface area contributed by atoms with Crippen LogP contribution in [0.5, 0.6) is 0 Å². The Morgan fingerprint density at radius 1 is 0.913 bits per heavy atom. The van der Waals surface area contributed by atoms with E-state index in [1.165, 1.54) is 14.0 Å². The maximum absolute atomic E-state index is 13.8. The van der Waals surface area contributed by atoms with E-state index < -0.39 is 23.6 Å². The topological polar surface area (TPSA) is 152 Å². The van der Waals surface area contributed by atoms with Crippen molar-refractivity contribution < 1.29 is 49.4 Å². The van der Waals surface area contributed by atoms with Crippen molar-refractivity contribution in [3.05, 3.63) is 68.8 Å². The first-order valence-electron chi connectivity index (χ1n) is 15.4. The number of carboxylic acid groups (broad SMARTS) is 1. The molecule has 0 amide bonds. The second-order valence-corrected chi connectivity index (χ2v) is 12.5. The summed E-state index contributed by atoms with van der Waals surface area (Å²) in [6.45, 7) is 11.3. The van der Waals surface area contributed by atoms with Gasteiger partial charge in [-0.1, -0.05) is 50.1 Å². The van der Waals surface area contributed by atoms with Crippen molar-refractivity contribution >= 4 is 45.6 Å². The largest absolute Gasteiger partial charge is 2.00 e. The van der Waals surface area contributed by atoms with Gasteiger partial charge in [0.05, 0.1) is 7.11 Å². The second kappa shape index (κ2) is 12.3. The molecular weight excluding hydrogens is 679 g/mol. The number of rotatable bonds is 6. The fourth-order valence-electron chi connectivity index (χ4n) is 7.43. The molecule has 3 aromatic heterocycles. The van der Waals surface area contributed by atoms with Gasteiger partial charge in [0.15, 0.2) is 11.6 Å². The second-order valence-electron chi connectivity index (χ2n) is 12.5. The van der Waals surface area contributed by atoms with Crippen molar-refractivity contribution in [1.29, 1.82) is 0 Å². The summed E-state index contributed by atoms with van der Waals surface area (Å²) in [5.41, 5.74) is 7.11. The number of ketones is 2. The summed E-state index contributed by atoms with van der Waals surface area (Å²) >= 11 is 0. The van der Waals surface area contributed by atoms with Gasteiger partial charge < -0.3 is 19.8 Å². The number of Topliss-reactive ketones (excluding diaryl/α,β-unsaturated/α-hetero) is 2. The van der Waals surface area contributed by atoms with Gasteiger partial charge in [-0.15, -0.1) is 22.1 Å². The number of methoxy groups -OCH3 is 1. The number of hydrogen-bond donors (Lipinski definition) is 1. The van der Waals surface area contributed by atoms with Gasteiger partial charge in [-0.2, -0.15) is 0 Å². The number of hydrogen-bond acceptors (Lipinski definition) is 7. The number of carbonyl (C=O) groups excluding carboxylic acids is 3. The Labute approximate surface area is 280 Å². The van der Waals surface area contributed by atoms with Crippen molar-refractivity contribution in [3.63, 3.8) is 0 Å². The van der Waals surface area contributed by atoms with Crippen LogP contribution in [-0.2, 0) is 34.7 Å². The molecule has 0 saturated carbocycles. The number of fused-ring (bicyclic) bond motifs is 8. The van der Waals surface area contributed by atoms with Crippen molar-refractivity contribution in [2.75, 3.05) is 7.11 Å². The van der Waals surface area contributed by atoms with Gasteiger partial charge in [-0.25, -0.2) is 0 Å². The predicted octanol–water partition coefficient (Wildman–Crippen LogP) is 5.89. The molecule has 8 bridgehead atoms. The average Bonchev–Trinajstić information content (AvgIpc) is 3.72. The molecule has 1 aliphatic carbocycles. The normalized spacial score (nSPS) is 21.6. The SMILES string of the molecule is CCC1c2cc3[n-]c4c(c3C)C(=O)C(C(=O)O)c4c3nc(cc4[n-]c(cc(n2)C1C)c(C(C)=O)c4C)C(C)C3CCC(=O)OC.[Pd+2]. The third-order valence-electron chi connectivity index (χ3n) is 9.97. The molecule has 3 aromatic rings. The summed E-state index contributed by atoms with van der Waals surface area (Å²) in [5.74, 6) is -4.27. The van der Waals surface area contributed by atoms with Gasteiger partial charge in [0.1, 0.15) is 5.92 Å². The third kappa shape index (κ3) is 5.14. The third-order valence-corrected chi connectivity index (χ3v) is 9.97. The number of esters is 1. The minimum absolute atomic E-state index is 0. The van der Waals surface area contributed by atoms with E-state index in [1.54, 1.807) is 6.92 Å². The van der Waals surface area contributed by atoms with Crippen LogP contribution in [0.1, 0.15) is 137 Å². The summed E-state index contributed by atoms with van der Waals surface area (Å²) in [4.78, 5) is 71.4. The molecule has 10 nitrogen and oxygen atoms in total. The Morgan fingerprint density at radius 2 is 1.52 bits per heavy atom. The zero-order valence-electron chi connectivity index (χ0n) is 26.8. The van der Waals surface area contributed by atoms with Crippen LogP contribution >= 0.6 is 0 Å². The first-order chi connectivity index (χ1) is 21.4. The van der Waals surface area contributed by atoms with Crippen LogP contribution in [-0.4, -0.2) is 45.7 Å². The van der Waals surface area contributed by atoms with E-state index in [0.29, 0.717) is 62.1 Å². The van der Waals surface area contributed by atoms with E-state index in [4.69, 9.17) is 24.7 Å². The summed E-state index contributed by atoms with van der Waals surface area (Å²) in [6, 6.07) is 5.62. The predicted molar refractivity (Wildman–Crippen MR) is 167 cm³/mol. The van der Waals surface area contributed by atoms with E-state index >= 15 is 0 Å². The molecule has 5 atom stereocenters. The number of carbonyl (C=O) groups is 4. The van der Waals surface area contributed by atoms with Gasteiger partial charge in [0.2, 0.25) is 0 Å². The van der Waals surface area contributed by atoms with Gasteiger partial charge in [0.25, 0.3) is 0 Å². The van der Waals surface area contributed by atoms with Crippen molar-refractivity contribution in [1.82, 2.24) is 19.9 Å². The van der Waals surface area contributed by atoms with Crippen molar-refractivity contribution in [2.45, 2.75) is 90.4 Å². The first-order valence-corrected chi connectivity index (χ1v) is 15.4.